The maximum atomic E-state index is 2.77. The quantitative estimate of drug-likeness (QED) is 0.134. The highest BCUT2D eigenvalue weighted by Crippen LogP contribution is 2.70. The van der Waals surface area contributed by atoms with Crippen LogP contribution in [0.5, 0.6) is 0 Å². The van der Waals surface area contributed by atoms with Crippen LogP contribution < -0.4 is 40.4 Å². The molecule has 5 aliphatic rings. The Morgan fingerprint density at radius 1 is 0.274 bits per heavy atom. The Morgan fingerprint density at radius 3 is 0.940 bits per heavy atom. The van der Waals surface area contributed by atoms with Crippen LogP contribution in [0.4, 0.5) is 85.3 Å². The van der Waals surface area contributed by atoms with E-state index in [9.17, 15) is 0 Å². The summed E-state index contributed by atoms with van der Waals surface area (Å²) in [5.74, 6) is 0. The topological polar surface area (TPSA) is 16.2 Å². The molecule has 0 saturated carbocycles. The number of hydrogen-bond acceptors (Lipinski definition) is 5. The zero-order valence-corrected chi connectivity index (χ0v) is 48.1. The molecule has 84 heavy (non-hydrogen) atoms. The molecule has 0 unspecified atom stereocenters. The van der Waals surface area contributed by atoms with Crippen LogP contribution in [0.2, 0.25) is 0 Å². The van der Waals surface area contributed by atoms with Gasteiger partial charge in [0.2, 0.25) is 0 Å². The van der Waals surface area contributed by atoms with Gasteiger partial charge in [0.05, 0.1) is 34.1 Å². The summed E-state index contributed by atoms with van der Waals surface area (Å²) in [7, 11) is -1.20. The Kier molecular flexibility index (Phi) is 10.6. The summed E-state index contributed by atoms with van der Waals surface area (Å²) >= 11 is 0. The molecular formula is C78H58N5P. The van der Waals surface area contributed by atoms with E-state index in [0.29, 0.717) is 0 Å². The second-order valence-electron chi connectivity index (χ2n) is 23.7. The highest BCUT2D eigenvalue weighted by Gasteiger charge is 2.54. The molecular weight excluding hydrogens is 1040 g/mol. The smallest absolute Gasteiger partial charge is 0.0613 e. The number of nitrogens with zero attached hydrogens (tertiary/aromatic N) is 5. The summed E-state index contributed by atoms with van der Waals surface area (Å²) in [4.78, 5) is 12.8. The lowest BCUT2D eigenvalue weighted by atomic mass is 9.79. The number of hydrogen-bond donors (Lipinski definition) is 0. The maximum absolute atomic E-state index is 2.77. The first-order valence-corrected chi connectivity index (χ1v) is 30.6. The van der Waals surface area contributed by atoms with Gasteiger partial charge in [0.25, 0.3) is 0 Å². The van der Waals surface area contributed by atoms with Gasteiger partial charge in [-0.05, 0) is 178 Å². The molecule has 3 aliphatic heterocycles. The van der Waals surface area contributed by atoms with Crippen LogP contribution >= 0.6 is 7.92 Å². The third kappa shape index (κ3) is 6.88. The molecule has 3 heterocycles. The van der Waals surface area contributed by atoms with Gasteiger partial charge in [-0.25, -0.2) is 0 Å². The fraction of sp³-hybridized carbons (Fsp3) is 0.0769. The van der Waals surface area contributed by atoms with Crippen LogP contribution in [0.3, 0.4) is 0 Å². The second kappa shape index (κ2) is 18.3. The normalized spacial score (nSPS) is 14.7. The van der Waals surface area contributed by atoms with Crippen LogP contribution in [0.1, 0.15) is 49.9 Å². The van der Waals surface area contributed by atoms with Crippen LogP contribution in [-0.2, 0) is 10.8 Å². The van der Waals surface area contributed by atoms with Gasteiger partial charge in [0.15, 0.2) is 0 Å². The molecule has 0 fully saturated rings. The van der Waals surface area contributed by atoms with E-state index in [2.05, 4.69) is 331 Å². The molecule has 0 spiro atoms. The Morgan fingerprint density at radius 2 is 0.595 bits per heavy atom. The van der Waals surface area contributed by atoms with Crippen molar-refractivity contribution in [2.24, 2.45) is 0 Å². The zero-order chi connectivity index (χ0) is 56.0. The average Bonchev–Trinajstić information content (AvgIpc) is 1.22. The van der Waals surface area contributed by atoms with Gasteiger partial charge in [0, 0.05) is 85.9 Å². The maximum Gasteiger partial charge on any atom is 0.0613 e. The van der Waals surface area contributed by atoms with E-state index in [1.807, 2.05) is 0 Å². The van der Waals surface area contributed by atoms with Gasteiger partial charge >= 0.3 is 0 Å². The Balaban J connectivity index is 0.983. The predicted molar refractivity (Wildman–Crippen MR) is 354 cm³/mol. The molecule has 0 aromatic heterocycles. The first-order chi connectivity index (χ1) is 41.3. The molecule has 6 heteroatoms. The molecule has 0 bridgehead atoms. The molecule has 12 aromatic rings. The third-order valence-corrected chi connectivity index (χ3v) is 21.1. The van der Waals surface area contributed by atoms with E-state index in [4.69, 9.17) is 0 Å². The van der Waals surface area contributed by atoms with Crippen molar-refractivity contribution in [3.05, 3.63) is 301 Å². The van der Waals surface area contributed by atoms with E-state index in [-0.39, 0.29) is 0 Å². The lowest BCUT2D eigenvalue weighted by molar-refractivity contribution is 0.656. The summed E-state index contributed by atoms with van der Waals surface area (Å²) in [5, 5.41) is 4.21. The van der Waals surface area contributed by atoms with E-state index in [1.54, 1.807) is 0 Å². The monoisotopic (exact) mass is 1100 g/mol. The van der Waals surface area contributed by atoms with Crippen molar-refractivity contribution in [2.45, 2.75) is 38.5 Å². The van der Waals surface area contributed by atoms with Crippen molar-refractivity contribution < 1.29 is 0 Å². The number of anilines is 15. The summed E-state index contributed by atoms with van der Waals surface area (Å²) in [5.41, 5.74) is 27.4. The Labute approximate surface area is 493 Å². The number of para-hydroxylation sites is 7. The van der Waals surface area contributed by atoms with Gasteiger partial charge in [-0.1, -0.05) is 173 Å². The standard InChI is InChI=1S/C78H58N5P/c1-77(2)64-47-58(79(51-27-12-5-13-28-51)52-29-14-6-15-30-52)43-45-60(64)62-49-68-75-72(70(62)77)83(57-39-24-11-25-40-57)73-71-63(61-46-44-59(48-65(61)78(71,3)4)80(53-31-16-7-17-32-53)54-33-18-8-19-34-54)50-69-76(73)84(75)74-66(81(68)55-35-20-9-21-36-55)41-26-42-67(74)82(69)56-37-22-10-23-38-56/h5-50H,1-4H3. The van der Waals surface area contributed by atoms with Crippen LogP contribution in [0.15, 0.2) is 279 Å². The second-order valence-corrected chi connectivity index (χ2v) is 25.8. The lowest BCUT2D eigenvalue weighted by Crippen LogP contribution is -2.47. The SMILES string of the molecule is CC1(C)c2cc(N(c3ccccc3)c3ccccc3)ccc2-c2cc3c4c(c21)N(c1ccccc1)c1c2c(cc5c1C(C)(C)c1cc(N(c6ccccc6)c6ccccc6)ccc1-5)N(c1ccccc1)c1cccc(c1P42)N3c1ccccc1. The molecule has 400 valence electrons. The Bertz CT molecular complexity index is 4260. The van der Waals surface area contributed by atoms with Gasteiger partial charge < -0.3 is 24.5 Å². The lowest BCUT2D eigenvalue weighted by Gasteiger charge is -2.52. The summed E-state index contributed by atoms with van der Waals surface area (Å²) in [6, 6.07) is 104. The minimum atomic E-state index is -1.20. The van der Waals surface area contributed by atoms with Gasteiger partial charge in [-0.3, -0.25) is 0 Å². The molecule has 0 radical (unpaired) electrons. The van der Waals surface area contributed by atoms with Crippen molar-refractivity contribution in [2.75, 3.05) is 24.5 Å². The minimum absolute atomic E-state index is 0.445. The van der Waals surface area contributed by atoms with Gasteiger partial charge in [-0.2, -0.15) is 0 Å². The number of rotatable bonds is 9. The van der Waals surface area contributed by atoms with Gasteiger partial charge in [-0.15, -0.1) is 0 Å². The first kappa shape index (κ1) is 48.7. The molecule has 5 nitrogen and oxygen atoms in total. The number of fused-ring (bicyclic) bond motifs is 8. The fourth-order valence-electron chi connectivity index (χ4n) is 14.9. The zero-order valence-electron chi connectivity index (χ0n) is 47.2. The Hall–Kier alpha value is -9.93. The van der Waals surface area contributed by atoms with Crippen LogP contribution in [-0.4, -0.2) is 0 Å². The molecule has 0 saturated heterocycles. The summed E-state index contributed by atoms with van der Waals surface area (Å²) < 4.78 is 0. The van der Waals surface area contributed by atoms with E-state index < -0.39 is 18.8 Å². The largest absolute Gasteiger partial charge is 0.310 e. The van der Waals surface area contributed by atoms with Crippen LogP contribution in [0.25, 0.3) is 22.3 Å². The van der Waals surface area contributed by atoms with Crippen molar-refractivity contribution in [1.29, 1.82) is 0 Å². The molecule has 0 atom stereocenters. The van der Waals surface area contributed by atoms with Crippen molar-refractivity contribution in [1.82, 2.24) is 0 Å². The molecule has 12 aromatic carbocycles. The third-order valence-electron chi connectivity index (χ3n) is 18.4. The predicted octanol–water partition coefficient (Wildman–Crippen LogP) is 20.3. The highest BCUT2D eigenvalue weighted by atomic mass is 31.1. The minimum Gasteiger partial charge on any atom is -0.310 e. The highest BCUT2D eigenvalue weighted by molar-refractivity contribution is 7.82. The first-order valence-electron chi connectivity index (χ1n) is 29.3. The average molecular weight is 1100 g/mol. The van der Waals surface area contributed by atoms with Crippen molar-refractivity contribution in [3.8, 4) is 22.3 Å². The molecule has 17 rings (SSSR count). The van der Waals surface area contributed by atoms with E-state index in [0.717, 1.165) is 51.2 Å². The summed E-state index contributed by atoms with van der Waals surface area (Å²) in [6.45, 7) is 9.98. The molecule has 2 aliphatic carbocycles. The van der Waals surface area contributed by atoms with Crippen molar-refractivity contribution >= 4 is 109 Å². The van der Waals surface area contributed by atoms with E-state index in [1.165, 1.54) is 94.5 Å². The summed E-state index contributed by atoms with van der Waals surface area (Å²) in [6.07, 6.45) is 0. The fourth-order valence-corrected chi connectivity index (χ4v) is 18.0. The molecule has 0 amide bonds. The molecule has 0 N–H and O–H groups in total. The van der Waals surface area contributed by atoms with E-state index >= 15 is 0 Å². The van der Waals surface area contributed by atoms with Crippen molar-refractivity contribution in [3.63, 3.8) is 0 Å². The van der Waals surface area contributed by atoms with Crippen LogP contribution in [0, 0.1) is 0 Å². The van der Waals surface area contributed by atoms with Gasteiger partial charge in [0.1, 0.15) is 0 Å². The number of benzene rings is 12.